The number of Topliss-reactive ketones (excluding diaryl/α,β-unsaturated/α-hetero) is 1. The second kappa shape index (κ2) is 4.34. The van der Waals surface area contributed by atoms with E-state index in [0.717, 1.165) is 32.1 Å². The third kappa shape index (κ3) is 1.68. The molecule has 0 radical (unpaired) electrons. The first-order valence-electron chi connectivity index (χ1n) is 8.37. The van der Waals surface area contributed by atoms with Gasteiger partial charge in [0.05, 0.1) is 0 Å². The summed E-state index contributed by atoms with van der Waals surface area (Å²) >= 11 is 0. The number of aryl methyl sites for hydroxylation is 1. The Morgan fingerprint density at radius 2 is 2.00 bits per heavy atom. The van der Waals surface area contributed by atoms with Crippen LogP contribution < -0.4 is 0 Å². The first-order chi connectivity index (χ1) is 10.0. The molecule has 3 aliphatic rings. The first kappa shape index (κ1) is 13.4. The van der Waals surface area contributed by atoms with Gasteiger partial charge in [0, 0.05) is 17.4 Å². The number of rotatable bonds is 0. The summed E-state index contributed by atoms with van der Waals surface area (Å²) in [7, 11) is 0. The number of carbonyl (C=O) groups is 1. The van der Waals surface area contributed by atoms with Gasteiger partial charge in [-0.3, -0.25) is 4.79 Å². The van der Waals surface area contributed by atoms with Crippen molar-refractivity contribution in [3.63, 3.8) is 0 Å². The van der Waals surface area contributed by atoms with E-state index in [1.54, 1.807) is 0 Å². The highest BCUT2D eigenvalue weighted by atomic mass is 16.3. The Bertz CT molecular complexity index is 618. The van der Waals surface area contributed by atoms with Crippen LogP contribution in [0.1, 0.15) is 61.6 Å². The van der Waals surface area contributed by atoms with Crippen molar-refractivity contribution in [3.8, 4) is 5.75 Å². The number of aromatic hydroxyl groups is 1. The standard InChI is InChI=1S/C19H24O2/c1-11-3-7-16(20)18-12(11)4-5-13-14(18)9-10-19(2)15(13)6-8-17(19)21/h3,7,13-15,20H,4-6,8-10H2,1-2H3/t13-,14?,15?,19+/m1/s1. The summed E-state index contributed by atoms with van der Waals surface area (Å²) in [5.74, 6) is 2.58. The normalized spacial score (nSPS) is 37.8. The predicted molar refractivity (Wildman–Crippen MR) is 82.5 cm³/mol. The quantitative estimate of drug-likeness (QED) is 0.778. The number of ketones is 1. The lowest BCUT2D eigenvalue weighted by atomic mass is 9.55. The Morgan fingerprint density at radius 3 is 2.81 bits per heavy atom. The number of carbonyl (C=O) groups excluding carboxylic acids is 1. The lowest BCUT2D eigenvalue weighted by Gasteiger charge is -2.48. The van der Waals surface area contributed by atoms with E-state index >= 15 is 0 Å². The van der Waals surface area contributed by atoms with Crippen molar-refractivity contribution in [2.24, 2.45) is 17.3 Å². The van der Waals surface area contributed by atoms with Crippen LogP contribution in [-0.2, 0) is 11.2 Å². The number of phenolic OH excluding ortho intramolecular Hbond substituents is 1. The van der Waals surface area contributed by atoms with E-state index < -0.39 is 0 Å². The zero-order valence-electron chi connectivity index (χ0n) is 13.0. The fraction of sp³-hybridized carbons (Fsp3) is 0.632. The van der Waals surface area contributed by atoms with Crippen LogP contribution in [0.15, 0.2) is 12.1 Å². The molecule has 4 atom stereocenters. The summed E-state index contributed by atoms with van der Waals surface area (Å²) in [6.45, 7) is 4.36. The van der Waals surface area contributed by atoms with Crippen molar-refractivity contribution in [3.05, 3.63) is 28.8 Å². The second-order valence-electron chi connectivity index (χ2n) is 7.63. The van der Waals surface area contributed by atoms with Gasteiger partial charge >= 0.3 is 0 Å². The van der Waals surface area contributed by atoms with Crippen LogP contribution in [0, 0.1) is 24.2 Å². The molecular weight excluding hydrogens is 260 g/mol. The minimum Gasteiger partial charge on any atom is -0.508 e. The summed E-state index contributed by atoms with van der Waals surface area (Å²) in [5, 5.41) is 10.4. The maximum Gasteiger partial charge on any atom is 0.139 e. The van der Waals surface area contributed by atoms with Crippen LogP contribution in [0.3, 0.4) is 0 Å². The van der Waals surface area contributed by atoms with Gasteiger partial charge < -0.3 is 5.11 Å². The van der Waals surface area contributed by atoms with E-state index in [-0.39, 0.29) is 5.41 Å². The summed E-state index contributed by atoms with van der Waals surface area (Å²) in [5.41, 5.74) is 3.84. The zero-order chi connectivity index (χ0) is 14.8. The van der Waals surface area contributed by atoms with Gasteiger partial charge in [0.25, 0.3) is 0 Å². The molecule has 0 aromatic heterocycles. The molecule has 4 rings (SSSR count). The first-order valence-corrected chi connectivity index (χ1v) is 8.37. The van der Waals surface area contributed by atoms with Crippen LogP contribution in [0.4, 0.5) is 0 Å². The third-order valence-electron chi connectivity index (χ3n) is 6.81. The highest BCUT2D eigenvalue weighted by Crippen LogP contribution is 2.60. The van der Waals surface area contributed by atoms with E-state index in [4.69, 9.17) is 0 Å². The van der Waals surface area contributed by atoms with Gasteiger partial charge in [-0.2, -0.15) is 0 Å². The molecule has 0 heterocycles. The molecule has 2 heteroatoms. The van der Waals surface area contributed by atoms with E-state index in [1.165, 1.54) is 23.1 Å². The van der Waals surface area contributed by atoms with Gasteiger partial charge in [0.1, 0.15) is 11.5 Å². The molecule has 2 unspecified atom stereocenters. The van der Waals surface area contributed by atoms with E-state index in [1.807, 2.05) is 12.1 Å². The lowest BCUT2D eigenvalue weighted by Crippen LogP contribution is -2.42. The Labute approximate surface area is 126 Å². The van der Waals surface area contributed by atoms with Crippen molar-refractivity contribution < 1.29 is 9.90 Å². The minimum atomic E-state index is -0.0713. The van der Waals surface area contributed by atoms with Crippen LogP contribution in [0.5, 0.6) is 5.75 Å². The average Bonchev–Trinajstić information content (AvgIpc) is 2.78. The number of phenols is 1. The molecule has 2 saturated carbocycles. The Morgan fingerprint density at radius 1 is 1.19 bits per heavy atom. The van der Waals surface area contributed by atoms with Crippen LogP contribution in [0.2, 0.25) is 0 Å². The van der Waals surface area contributed by atoms with Gasteiger partial charge in [0.2, 0.25) is 0 Å². The Hall–Kier alpha value is -1.31. The minimum absolute atomic E-state index is 0.0713. The van der Waals surface area contributed by atoms with Gasteiger partial charge in [-0.25, -0.2) is 0 Å². The second-order valence-corrected chi connectivity index (χ2v) is 7.63. The molecule has 0 spiro atoms. The summed E-state index contributed by atoms with van der Waals surface area (Å²) in [6, 6.07) is 3.91. The Kier molecular flexibility index (Phi) is 2.76. The van der Waals surface area contributed by atoms with E-state index in [9.17, 15) is 9.90 Å². The summed E-state index contributed by atoms with van der Waals surface area (Å²) in [6.07, 6.45) is 6.17. The fourth-order valence-electron chi connectivity index (χ4n) is 5.64. The highest BCUT2D eigenvalue weighted by molar-refractivity contribution is 5.87. The molecule has 2 nitrogen and oxygen atoms in total. The van der Waals surface area contributed by atoms with Gasteiger partial charge in [-0.15, -0.1) is 0 Å². The lowest BCUT2D eigenvalue weighted by molar-refractivity contribution is -0.129. The molecule has 0 aliphatic heterocycles. The van der Waals surface area contributed by atoms with Crippen LogP contribution in [0.25, 0.3) is 0 Å². The number of hydrogen-bond donors (Lipinski definition) is 1. The predicted octanol–water partition coefficient (Wildman–Crippen LogP) is 4.13. The van der Waals surface area contributed by atoms with Crippen LogP contribution >= 0.6 is 0 Å². The van der Waals surface area contributed by atoms with E-state index in [2.05, 4.69) is 13.8 Å². The zero-order valence-corrected chi connectivity index (χ0v) is 13.0. The fourth-order valence-corrected chi connectivity index (χ4v) is 5.64. The SMILES string of the molecule is Cc1ccc(O)c2c1CC[C@@H]1C2CC[C@]2(C)C(=O)CCC12. The smallest absolute Gasteiger partial charge is 0.139 e. The van der Waals surface area contributed by atoms with E-state index in [0.29, 0.717) is 29.3 Å². The molecule has 3 aliphatic carbocycles. The van der Waals surface area contributed by atoms with Crippen molar-refractivity contribution in [1.29, 1.82) is 0 Å². The monoisotopic (exact) mass is 284 g/mol. The molecule has 1 N–H and O–H groups in total. The molecular formula is C19H24O2. The molecule has 1 aromatic rings. The average molecular weight is 284 g/mol. The molecule has 1 aromatic carbocycles. The molecule has 0 bridgehead atoms. The maximum absolute atomic E-state index is 12.3. The molecule has 2 fully saturated rings. The number of fused-ring (bicyclic) bond motifs is 5. The maximum atomic E-state index is 12.3. The summed E-state index contributed by atoms with van der Waals surface area (Å²) < 4.78 is 0. The van der Waals surface area contributed by atoms with Crippen molar-refractivity contribution in [1.82, 2.24) is 0 Å². The highest BCUT2D eigenvalue weighted by Gasteiger charge is 2.54. The van der Waals surface area contributed by atoms with Gasteiger partial charge in [-0.1, -0.05) is 13.0 Å². The number of benzene rings is 1. The molecule has 21 heavy (non-hydrogen) atoms. The largest absolute Gasteiger partial charge is 0.508 e. The third-order valence-corrected chi connectivity index (χ3v) is 6.81. The van der Waals surface area contributed by atoms with Crippen molar-refractivity contribution in [2.45, 2.75) is 58.3 Å². The number of hydrogen-bond acceptors (Lipinski definition) is 2. The van der Waals surface area contributed by atoms with Gasteiger partial charge in [0.15, 0.2) is 0 Å². The van der Waals surface area contributed by atoms with Crippen molar-refractivity contribution in [2.75, 3.05) is 0 Å². The van der Waals surface area contributed by atoms with Gasteiger partial charge in [-0.05, 0) is 74.0 Å². The van der Waals surface area contributed by atoms with Crippen LogP contribution in [-0.4, -0.2) is 10.9 Å². The molecule has 112 valence electrons. The topological polar surface area (TPSA) is 37.3 Å². The molecule has 0 saturated heterocycles. The molecule has 0 amide bonds. The Balaban J connectivity index is 1.79. The van der Waals surface area contributed by atoms with Crippen molar-refractivity contribution >= 4 is 5.78 Å². The summed E-state index contributed by atoms with van der Waals surface area (Å²) in [4.78, 5) is 12.3.